The number of hydrogen-bond acceptors (Lipinski definition) is 3. The van der Waals surface area contributed by atoms with E-state index in [4.69, 9.17) is 0 Å². The van der Waals surface area contributed by atoms with Crippen LogP contribution >= 0.6 is 0 Å². The molecule has 5 nitrogen and oxygen atoms in total. The summed E-state index contributed by atoms with van der Waals surface area (Å²) in [4.78, 5) is 30.0. The van der Waals surface area contributed by atoms with Gasteiger partial charge in [0.2, 0.25) is 0 Å². The van der Waals surface area contributed by atoms with Crippen molar-refractivity contribution >= 4 is 11.7 Å². The minimum absolute atomic E-state index is 0.140. The summed E-state index contributed by atoms with van der Waals surface area (Å²) >= 11 is 0. The molecule has 0 aliphatic rings. The first-order valence-electron chi connectivity index (χ1n) is 10.1. The van der Waals surface area contributed by atoms with Crippen molar-refractivity contribution in [2.45, 2.75) is 19.5 Å². The maximum Gasteiger partial charge on any atom is 0.251 e. The lowest BCUT2D eigenvalue weighted by Gasteiger charge is -2.18. The summed E-state index contributed by atoms with van der Waals surface area (Å²) in [5, 5.41) is 2.90. The van der Waals surface area contributed by atoms with Crippen LogP contribution in [0.25, 0.3) is 11.1 Å². The number of carbonyl (C=O) groups excluding carboxylic acids is 2. The number of hydrogen-bond donors (Lipinski definition) is 1. The van der Waals surface area contributed by atoms with Gasteiger partial charge in [0.05, 0.1) is 12.9 Å². The predicted molar refractivity (Wildman–Crippen MR) is 121 cm³/mol. The minimum atomic E-state index is -0.708. The molecule has 1 atom stereocenters. The number of imidazole rings is 1. The fourth-order valence-corrected chi connectivity index (χ4v) is 3.54. The Morgan fingerprint density at radius 3 is 2.29 bits per heavy atom. The average molecular weight is 409 g/mol. The van der Waals surface area contributed by atoms with E-state index in [9.17, 15) is 9.59 Å². The molecule has 0 saturated heterocycles. The molecule has 4 aromatic rings. The quantitative estimate of drug-likeness (QED) is 0.456. The molecule has 31 heavy (non-hydrogen) atoms. The van der Waals surface area contributed by atoms with E-state index in [1.807, 2.05) is 42.5 Å². The number of amides is 1. The molecule has 0 bridgehead atoms. The molecule has 0 aliphatic carbocycles. The second-order valence-electron chi connectivity index (χ2n) is 7.41. The molecule has 0 radical (unpaired) electrons. The van der Waals surface area contributed by atoms with Gasteiger partial charge in [-0.1, -0.05) is 66.7 Å². The van der Waals surface area contributed by atoms with Crippen molar-refractivity contribution in [2.75, 3.05) is 0 Å². The Balaban J connectivity index is 1.54. The van der Waals surface area contributed by atoms with Gasteiger partial charge in [-0.2, -0.15) is 0 Å². The van der Waals surface area contributed by atoms with Gasteiger partial charge >= 0.3 is 0 Å². The number of rotatable bonds is 7. The van der Waals surface area contributed by atoms with Gasteiger partial charge in [0.25, 0.3) is 5.91 Å². The Bertz CT molecular complexity index is 1170. The molecular formula is C26H23N3O2. The van der Waals surface area contributed by atoms with Gasteiger partial charge in [-0.05, 0) is 35.7 Å². The van der Waals surface area contributed by atoms with Crippen molar-refractivity contribution < 1.29 is 9.59 Å². The van der Waals surface area contributed by atoms with Crippen molar-refractivity contribution in [3.63, 3.8) is 0 Å². The summed E-state index contributed by atoms with van der Waals surface area (Å²) in [7, 11) is 0. The Labute approximate surface area is 181 Å². The zero-order chi connectivity index (χ0) is 21.6. The van der Waals surface area contributed by atoms with Gasteiger partial charge in [-0.15, -0.1) is 0 Å². The van der Waals surface area contributed by atoms with Gasteiger partial charge in [-0.25, -0.2) is 4.98 Å². The number of aromatic nitrogens is 2. The van der Waals surface area contributed by atoms with E-state index in [0.29, 0.717) is 17.7 Å². The maximum absolute atomic E-state index is 13.1. The van der Waals surface area contributed by atoms with Gasteiger partial charge in [0.15, 0.2) is 5.78 Å². The molecule has 1 amide bonds. The molecule has 0 saturated carbocycles. The standard InChI is InChI=1S/C26H23N3O2/c1-19-7-5-6-10-23(19)20-11-13-22(14-12-20)26(31)28-24(17-29-16-15-27-18-29)25(30)21-8-3-2-4-9-21/h2-16,18,24H,17H2,1H3,(H,28,31). The topological polar surface area (TPSA) is 64.0 Å². The third-order valence-electron chi connectivity index (χ3n) is 5.24. The third kappa shape index (κ3) is 4.78. The van der Waals surface area contributed by atoms with Crippen LogP contribution in [0, 0.1) is 6.92 Å². The van der Waals surface area contributed by atoms with Crippen LogP contribution in [-0.4, -0.2) is 27.3 Å². The molecule has 1 N–H and O–H groups in total. The van der Waals surface area contributed by atoms with Crippen LogP contribution in [-0.2, 0) is 6.54 Å². The van der Waals surface area contributed by atoms with Crippen LogP contribution in [0.4, 0.5) is 0 Å². The van der Waals surface area contributed by atoms with E-state index in [-0.39, 0.29) is 11.7 Å². The molecule has 0 aliphatic heterocycles. The normalized spacial score (nSPS) is 11.6. The van der Waals surface area contributed by atoms with E-state index in [1.165, 1.54) is 5.56 Å². The number of nitrogens with zero attached hydrogens (tertiary/aromatic N) is 2. The molecule has 0 spiro atoms. The molecule has 1 heterocycles. The fourth-order valence-electron chi connectivity index (χ4n) is 3.54. The molecule has 3 aromatic carbocycles. The monoisotopic (exact) mass is 409 g/mol. The van der Waals surface area contributed by atoms with Crippen molar-refractivity contribution in [3.05, 3.63) is 114 Å². The number of benzene rings is 3. The highest BCUT2D eigenvalue weighted by atomic mass is 16.2. The Hall–Kier alpha value is -3.99. The highest BCUT2D eigenvalue weighted by Gasteiger charge is 2.23. The molecule has 1 aromatic heterocycles. The number of carbonyl (C=O) groups is 2. The van der Waals surface area contributed by atoms with Crippen LogP contribution in [0.3, 0.4) is 0 Å². The number of aryl methyl sites for hydroxylation is 1. The summed E-state index contributed by atoms with van der Waals surface area (Å²) in [6.07, 6.45) is 5.05. The highest BCUT2D eigenvalue weighted by molar-refractivity contribution is 6.04. The Kier molecular flexibility index (Phi) is 6.03. The predicted octanol–water partition coefficient (Wildman–Crippen LogP) is 4.54. The second kappa shape index (κ2) is 9.22. The molecule has 1 unspecified atom stereocenters. The third-order valence-corrected chi connectivity index (χ3v) is 5.24. The number of nitrogens with one attached hydrogen (secondary N) is 1. The summed E-state index contributed by atoms with van der Waals surface area (Å²) in [5.41, 5.74) is 4.42. The zero-order valence-corrected chi connectivity index (χ0v) is 17.2. The summed E-state index contributed by atoms with van der Waals surface area (Å²) in [5.74, 6) is -0.426. The SMILES string of the molecule is Cc1ccccc1-c1ccc(C(=O)NC(Cn2ccnc2)C(=O)c2ccccc2)cc1. The lowest BCUT2D eigenvalue weighted by molar-refractivity contribution is 0.0847. The molecule has 154 valence electrons. The molecular weight excluding hydrogens is 386 g/mol. The van der Waals surface area contributed by atoms with Gasteiger partial charge in [0.1, 0.15) is 6.04 Å². The van der Waals surface area contributed by atoms with Crippen LogP contribution in [0.1, 0.15) is 26.3 Å². The highest BCUT2D eigenvalue weighted by Crippen LogP contribution is 2.23. The molecule has 4 rings (SSSR count). The first kappa shape index (κ1) is 20.3. The summed E-state index contributed by atoms with van der Waals surface area (Å²) in [6.45, 7) is 2.37. The van der Waals surface area contributed by atoms with E-state index in [2.05, 4.69) is 29.4 Å². The Morgan fingerprint density at radius 2 is 1.61 bits per heavy atom. The summed E-state index contributed by atoms with van der Waals surface area (Å²) < 4.78 is 1.78. The lowest BCUT2D eigenvalue weighted by atomic mass is 9.99. The van der Waals surface area contributed by atoms with Crippen LogP contribution in [0.15, 0.2) is 97.6 Å². The smallest absolute Gasteiger partial charge is 0.251 e. The fraction of sp³-hybridized carbons (Fsp3) is 0.115. The largest absolute Gasteiger partial charge is 0.340 e. The van der Waals surface area contributed by atoms with Crippen molar-refractivity contribution in [2.24, 2.45) is 0 Å². The van der Waals surface area contributed by atoms with Crippen molar-refractivity contribution in [1.82, 2.24) is 14.9 Å². The van der Waals surface area contributed by atoms with E-state index in [0.717, 1.165) is 11.1 Å². The van der Waals surface area contributed by atoms with E-state index >= 15 is 0 Å². The number of Topliss-reactive ketones (excluding diaryl/α,β-unsaturated/α-hetero) is 1. The van der Waals surface area contributed by atoms with Gasteiger partial charge < -0.3 is 9.88 Å². The van der Waals surface area contributed by atoms with Crippen LogP contribution in [0.2, 0.25) is 0 Å². The van der Waals surface area contributed by atoms with Crippen LogP contribution in [0.5, 0.6) is 0 Å². The first-order valence-corrected chi connectivity index (χ1v) is 10.1. The second-order valence-corrected chi connectivity index (χ2v) is 7.41. The van der Waals surface area contributed by atoms with Crippen LogP contribution < -0.4 is 5.32 Å². The molecule has 0 fully saturated rings. The van der Waals surface area contributed by atoms with Gasteiger partial charge in [0, 0.05) is 23.5 Å². The zero-order valence-electron chi connectivity index (χ0n) is 17.2. The average Bonchev–Trinajstić information content (AvgIpc) is 3.32. The van der Waals surface area contributed by atoms with Crippen molar-refractivity contribution in [1.29, 1.82) is 0 Å². The molecule has 5 heteroatoms. The Morgan fingerprint density at radius 1 is 0.903 bits per heavy atom. The van der Waals surface area contributed by atoms with Gasteiger partial charge in [-0.3, -0.25) is 9.59 Å². The first-order chi connectivity index (χ1) is 15.1. The minimum Gasteiger partial charge on any atom is -0.340 e. The lowest BCUT2D eigenvalue weighted by Crippen LogP contribution is -2.43. The summed E-state index contributed by atoms with van der Waals surface area (Å²) in [6, 6.07) is 23.9. The van der Waals surface area contributed by atoms with E-state index in [1.54, 1.807) is 47.6 Å². The van der Waals surface area contributed by atoms with Crippen molar-refractivity contribution in [3.8, 4) is 11.1 Å². The number of ketones is 1. The maximum atomic E-state index is 13.1. The van der Waals surface area contributed by atoms with E-state index < -0.39 is 6.04 Å².